The van der Waals surface area contributed by atoms with E-state index in [2.05, 4.69) is 9.72 Å². The van der Waals surface area contributed by atoms with E-state index in [1.54, 1.807) is 0 Å². The van der Waals surface area contributed by atoms with Gasteiger partial charge in [0.25, 0.3) is 0 Å². The largest absolute Gasteiger partial charge is 0.573 e. The monoisotopic (exact) mass is 215 g/mol. The van der Waals surface area contributed by atoms with Gasteiger partial charge in [-0.05, 0) is 0 Å². The molecule has 13 heavy (non-hydrogen) atoms. The molecule has 1 aromatic heterocycles. The molecule has 0 saturated carbocycles. The van der Waals surface area contributed by atoms with Crippen molar-refractivity contribution >= 4 is 11.6 Å². The highest BCUT2D eigenvalue weighted by atomic mass is 35.5. The number of pyridine rings is 1. The molecule has 7 heteroatoms. The molecule has 0 bridgehead atoms. The number of rotatable bonds is 1. The van der Waals surface area contributed by atoms with Gasteiger partial charge in [0, 0.05) is 6.07 Å². The SMILES string of the molecule is Fc1cnc(Cl)cc1OC(F)(F)F. The lowest BCUT2D eigenvalue weighted by Crippen LogP contribution is -2.18. The Hall–Kier alpha value is -1.04. The molecule has 0 unspecified atom stereocenters. The third kappa shape index (κ3) is 3.06. The van der Waals surface area contributed by atoms with Crippen molar-refractivity contribution in [1.82, 2.24) is 4.98 Å². The van der Waals surface area contributed by atoms with E-state index in [4.69, 9.17) is 11.6 Å². The van der Waals surface area contributed by atoms with Crippen LogP contribution in [-0.2, 0) is 0 Å². The summed E-state index contributed by atoms with van der Waals surface area (Å²) in [5.74, 6) is -2.21. The van der Waals surface area contributed by atoms with Gasteiger partial charge in [-0.2, -0.15) is 0 Å². The summed E-state index contributed by atoms with van der Waals surface area (Å²) in [4.78, 5) is 3.21. The number of nitrogens with zero attached hydrogens (tertiary/aromatic N) is 1. The first-order chi connectivity index (χ1) is 5.88. The minimum absolute atomic E-state index is 0.277. The molecule has 0 fully saturated rings. The van der Waals surface area contributed by atoms with E-state index in [9.17, 15) is 17.6 Å². The smallest absolute Gasteiger partial charge is 0.402 e. The molecule has 1 aromatic rings. The number of aromatic nitrogens is 1. The van der Waals surface area contributed by atoms with Crippen LogP contribution in [0.1, 0.15) is 0 Å². The van der Waals surface area contributed by atoms with Gasteiger partial charge in [-0.15, -0.1) is 13.2 Å². The molecule has 0 aliphatic heterocycles. The number of halogens is 5. The van der Waals surface area contributed by atoms with Gasteiger partial charge in [-0.25, -0.2) is 9.37 Å². The highest BCUT2D eigenvalue weighted by Crippen LogP contribution is 2.26. The minimum atomic E-state index is -4.94. The Balaban J connectivity index is 2.94. The van der Waals surface area contributed by atoms with Crippen LogP contribution in [0.3, 0.4) is 0 Å². The predicted molar refractivity (Wildman–Crippen MR) is 35.9 cm³/mol. The summed E-state index contributed by atoms with van der Waals surface area (Å²) in [5, 5.41) is -0.277. The first-order valence-electron chi connectivity index (χ1n) is 2.95. The summed E-state index contributed by atoms with van der Waals surface area (Å²) in [6, 6.07) is 0.643. The zero-order chi connectivity index (χ0) is 10.1. The molecular weight excluding hydrogens is 214 g/mol. The Morgan fingerprint density at radius 2 is 2.00 bits per heavy atom. The molecule has 0 aromatic carbocycles. The van der Waals surface area contributed by atoms with Crippen LogP contribution in [0.4, 0.5) is 17.6 Å². The summed E-state index contributed by atoms with van der Waals surface area (Å²) in [7, 11) is 0. The van der Waals surface area contributed by atoms with Crippen LogP contribution in [0.15, 0.2) is 12.3 Å². The Kier molecular flexibility index (Phi) is 2.60. The molecule has 0 spiro atoms. The zero-order valence-corrected chi connectivity index (χ0v) is 6.66. The topological polar surface area (TPSA) is 22.1 Å². The van der Waals surface area contributed by atoms with E-state index in [-0.39, 0.29) is 5.15 Å². The van der Waals surface area contributed by atoms with E-state index in [1.807, 2.05) is 0 Å². The normalized spacial score (nSPS) is 11.5. The standard InChI is InChI=1S/C6H2ClF4NO/c7-5-1-4(3(8)2-12-5)13-6(9,10)11/h1-2H. The molecule has 1 heterocycles. The van der Waals surface area contributed by atoms with Crippen LogP contribution >= 0.6 is 11.6 Å². The fourth-order valence-corrected chi connectivity index (χ4v) is 0.747. The zero-order valence-electron chi connectivity index (χ0n) is 5.90. The van der Waals surface area contributed by atoms with Crippen molar-refractivity contribution in [2.45, 2.75) is 6.36 Å². The van der Waals surface area contributed by atoms with Crippen LogP contribution < -0.4 is 4.74 Å². The fourth-order valence-electron chi connectivity index (χ4n) is 0.599. The molecule has 0 N–H and O–H groups in total. The molecular formula is C6H2ClF4NO. The molecule has 0 saturated heterocycles. The number of alkyl halides is 3. The fraction of sp³-hybridized carbons (Fsp3) is 0.167. The van der Waals surface area contributed by atoms with Crippen LogP contribution in [0.5, 0.6) is 5.75 Å². The summed E-state index contributed by atoms with van der Waals surface area (Å²) in [6.07, 6.45) is -4.39. The van der Waals surface area contributed by atoms with Crippen molar-refractivity contribution in [3.8, 4) is 5.75 Å². The van der Waals surface area contributed by atoms with Crippen molar-refractivity contribution in [1.29, 1.82) is 0 Å². The van der Waals surface area contributed by atoms with E-state index < -0.39 is 17.9 Å². The van der Waals surface area contributed by atoms with Gasteiger partial charge in [0.15, 0.2) is 11.6 Å². The van der Waals surface area contributed by atoms with Gasteiger partial charge >= 0.3 is 6.36 Å². The maximum atomic E-state index is 12.6. The van der Waals surface area contributed by atoms with E-state index in [0.717, 1.165) is 0 Å². The summed E-state index contributed by atoms with van der Waals surface area (Å²) < 4.78 is 50.7. The second-order valence-corrected chi connectivity index (χ2v) is 2.37. The van der Waals surface area contributed by atoms with Gasteiger partial charge in [0.1, 0.15) is 5.15 Å². The first-order valence-corrected chi connectivity index (χ1v) is 3.33. The van der Waals surface area contributed by atoms with Crippen molar-refractivity contribution < 1.29 is 22.3 Å². The Bertz CT molecular complexity index is 314. The van der Waals surface area contributed by atoms with Crippen LogP contribution in [0.25, 0.3) is 0 Å². The third-order valence-electron chi connectivity index (χ3n) is 1.01. The number of ether oxygens (including phenoxy) is 1. The van der Waals surface area contributed by atoms with Crippen molar-refractivity contribution in [3.63, 3.8) is 0 Å². The highest BCUT2D eigenvalue weighted by molar-refractivity contribution is 6.29. The van der Waals surface area contributed by atoms with Gasteiger partial charge in [-0.3, -0.25) is 0 Å². The lowest BCUT2D eigenvalue weighted by molar-refractivity contribution is -0.275. The number of hydrogen-bond donors (Lipinski definition) is 0. The summed E-state index contributed by atoms with van der Waals surface area (Å²) in [5.41, 5.74) is 0. The molecule has 0 aliphatic carbocycles. The molecule has 72 valence electrons. The lowest BCUT2D eigenvalue weighted by Gasteiger charge is -2.08. The molecule has 2 nitrogen and oxygen atoms in total. The Morgan fingerprint density at radius 3 is 2.54 bits per heavy atom. The van der Waals surface area contributed by atoms with Crippen LogP contribution in [0, 0.1) is 5.82 Å². The highest BCUT2D eigenvalue weighted by Gasteiger charge is 2.32. The van der Waals surface area contributed by atoms with E-state index >= 15 is 0 Å². The van der Waals surface area contributed by atoms with Gasteiger partial charge < -0.3 is 4.74 Å². The molecule has 0 aliphatic rings. The van der Waals surface area contributed by atoms with Crippen LogP contribution in [-0.4, -0.2) is 11.3 Å². The van der Waals surface area contributed by atoms with Crippen molar-refractivity contribution in [3.05, 3.63) is 23.2 Å². The molecule has 0 atom stereocenters. The lowest BCUT2D eigenvalue weighted by atomic mass is 10.4. The molecule has 0 amide bonds. The van der Waals surface area contributed by atoms with Crippen LogP contribution in [0.2, 0.25) is 5.15 Å². The Labute approximate surface area is 75.1 Å². The average Bonchev–Trinajstić information content (AvgIpc) is 1.94. The van der Waals surface area contributed by atoms with Gasteiger partial charge in [-0.1, -0.05) is 11.6 Å². The van der Waals surface area contributed by atoms with Gasteiger partial charge in [0.05, 0.1) is 6.20 Å². The number of hydrogen-bond acceptors (Lipinski definition) is 2. The molecule has 1 rings (SSSR count). The minimum Gasteiger partial charge on any atom is -0.402 e. The summed E-state index contributed by atoms with van der Waals surface area (Å²) >= 11 is 5.22. The Morgan fingerprint density at radius 1 is 1.38 bits per heavy atom. The van der Waals surface area contributed by atoms with E-state index in [1.165, 1.54) is 0 Å². The van der Waals surface area contributed by atoms with Crippen molar-refractivity contribution in [2.75, 3.05) is 0 Å². The third-order valence-corrected chi connectivity index (χ3v) is 1.22. The first kappa shape index (κ1) is 10.0. The average molecular weight is 216 g/mol. The quantitative estimate of drug-likeness (QED) is 0.531. The van der Waals surface area contributed by atoms with Gasteiger partial charge in [0.2, 0.25) is 0 Å². The second kappa shape index (κ2) is 3.37. The maximum absolute atomic E-state index is 12.6. The second-order valence-electron chi connectivity index (χ2n) is 1.99. The van der Waals surface area contributed by atoms with E-state index in [0.29, 0.717) is 12.3 Å². The van der Waals surface area contributed by atoms with Crippen molar-refractivity contribution in [2.24, 2.45) is 0 Å². The molecule has 0 radical (unpaired) electrons. The maximum Gasteiger partial charge on any atom is 0.573 e. The predicted octanol–water partition coefficient (Wildman–Crippen LogP) is 2.77. The summed E-state index contributed by atoms with van der Waals surface area (Å²) in [6.45, 7) is 0.